The van der Waals surface area contributed by atoms with E-state index >= 15 is 0 Å². The van der Waals surface area contributed by atoms with Crippen LogP contribution in [0.5, 0.6) is 5.75 Å². The van der Waals surface area contributed by atoms with Crippen LogP contribution in [0.1, 0.15) is 17.4 Å². The van der Waals surface area contributed by atoms with Crippen LogP contribution >= 0.6 is 0 Å². The molecule has 4 aromatic rings. The van der Waals surface area contributed by atoms with Gasteiger partial charge in [-0.25, -0.2) is 4.52 Å². The van der Waals surface area contributed by atoms with Crippen LogP contribution in [-0.2, 0) is 11.3 Å². The van der Waals surface area contributed by atoms with Gasteiger partial charge in [0.05, 0.1) is 19.2 Å². The molecule has 1 atom stereocenters. The number of hydrogen-bond acceptors (Lipinski definition) is 6. The summed E-state index contributed by atoms with van der Waals surface area (Å²) in [7, 11) is 1.69. The van der Waals surface area contributed by atoms with E-state index in [0.29, 0.717) is 6.61 Å². The first-order valence-corrected chi connectivity index (χ1v) is 10.0. The van der Waals surface area contributed by atoms with Gasteiger partial charge in [0, 0.05) is 49.4 Å². The highest BCUT2D eigenvalue weighted by molar-refractivity contribution is 5.65. The van der Waals surface area contributed by atoms with Gasteiger partial charge in [0.25, 0.3) is 0 Å². The van der Waals surface area contributed by atoms with Crippen molar-refractivity contribution in [1.82, 2.24) is 24.7 Å². The van der Waals surface area contributed by atoms with Crippen molar-refractivity contribution in [3.63, 3.8) is 0 Å². The van der Waals surface area contributed by atoms with Crippen LogP contribution in [0.25, 0.3) is 16.6 Å². The molecule has 0 spiro atoms. The molecule has 5 rings (SSSR count). The predicted octanol–water partition coefficient (Wildman–Crippen LogP) is 3.37. The molecular formula is C23H23N5O2. The highest BCUT2D eigenvalue weighted by Gasteiger charge is 2.26. The minimum atomic E-state index is -0.0984. The second kappa shape index (κ2) is 8.22. The molecule has 0 saturated carbocycles. The molecule has 0 aliphatic carbocycles. The number of pyridine rings is 2. The maximum Gasteiger partial charge on any atom is 0.121 e. The van der Waals surface area contributed by atoms with Gasteiger partial charge in [0.2, 0.25) is 0 Å². The molecule has 152 valence electrons. The lowest BCUT2D eigenvalue weighted by molar-refractivity contribution is -0.0343. The van der Waals surface area contributed by atoms with Crippen molar-refractivity contribution in [2.24, 2.45) is 0 Å². The Hall–Kier alpha value is -3.29. The Labute approximate surface area is 174 Å². The number of methoxy groups -OCH3 is 1. The van der Waals surface area contributed by atoms with Gasteiger partial charge in [-0.2, -0.15) is 0 Å². The van der Waals surface area contributed by atoms with Crippen molar-refractivity contribution < 1.29 is 9.47 Å². The van der Waals surface area contributed by atoms with Crippen LogP contribution in [0.3, 0.4) is 0 Å². The van der Waals surface area contributed by atoms with Crippen molar-refractivity contribution in [3.8, 4) is 16.9 Å². The number of benzene rings is 1. The van der Waals surface area contributed by atoms with Crippen molar-refractivity contribution >= 4 is 5.52 Å². The van der Waals surface area contributed by atoms with Gasteiger partial charge in [-0.1, -0.05) is 29.5 Å². The molecule has 0 amide bonds. The summed E-state index contributed by atoms with van der Waals surface area (Å²) in [6, 6.07) is 16.3. The largest absolute Gasteiger partial charge is 0.497 e. The number of morpholine rings is 1. The summed E-state index contributed by atoms with van der Waals surface area (Å²) in [4.78, 5) is 6.59. The third-order valence-corrected chi connectivity index (χ3v) is 5.46. The standard InChI is InChI=1S/C23H23N5O2/c1-29-20-7-4-17(5-8-20)14-27-11-12-30-22(16-27)23-21-9-6-19(15-28(21)26-25-23)18-3-2-10-24-13-18/h2-10,13,15,22H,11-12,14,16H2,1H3/t22-/m1/s1. The lowest BCUT2D eigenvalue weighted by Gasteiger charge is -2.32. The zero-order valence-corrected chi connectivity index (χ0v) is 16.8. The molecule has 1 aliphatic rings. The smallest absolute Gasteiger partial charge is 0.121 e. The van der Waals surface area contributed by atoms with E-state index in [9.17, 15) is 0 Å². The first-order chi connectivity index (χ1) is 14.8. The first kappa shape index (κ1) is 18.7. The number of fused-ring (bicyclic) bond motifs is 1. The van der Waals surface area contributed by atoms with Gasteiger partial charge in [-0.15, -0.1) is 5.10 Å². The van der Waals surface area contributed by atoms with Crippen LogP contribution in [0.15, 0.2) is 67.1 Å². The number of ether oxygens (including phenoxy) is 2. The van der Waals surface area contributed by atoms with E-state index in [2.05, 4.69) is 44.5 Å². The highest BCUT2D eigenvalue weighted by Crippen LogP contribution is 2.27. The van der Waals surface area contributed by atoms with Crippen LogP contribution in [0, 0.1) is 0 Å². The van der Waals surface area contributed by atoms with Crippen LogP contribution in [0.2, 0.25) is 0 Å². The fourth-order valence-electron chi connectivity index (χ4n) is 3.85. The molecule has 1 saturated heterocycles. The molecule has 1 aliphatic heterocycles. The minimum Gasteiger partial charge on any atom is -0.497 e. The summed E-state index contributed by atoms with van der Waals surface area (Å²) in [6.45, 7) is 3.22. The van der Waals surface area contributed by atoms with Gasteiger partial charge in [0.1, 0.15) is 17.5 Å². The Morgan fingerprint density at radius 3 is 2.80 bits per heavy atom. The summed E-state index contributed by atoms with van der Waals surface area (Å²) in [5.41, 5.74) is 5.21. The Bertz CT molecular complexity index is 1130. The van der Waals surface area contributed by atoms with Crippen LogP contribution in [0.4, 0.5) is 0 Å². The van der Waals surface area contributed by atoms with E-state index in [1.807, 2.05) is 41.2 Å². The molecule has 0 N–H and O–H groups in total. The second-order valence-electron chi connectivity index (χ2n) is 7.41. The quantitative estimate of drug-likeness (QED) is 0.511. The van der Waals surface area contributed by atoms with Crippen molar-refractivity contribution in [2.75, 3.05) is 26.8 Å². The molecule has 1 aromatic carbocycles. The number of aromatic nitrogens is 4. The molecule has 0 bridgehead atoms. The number of hydrogen-bond donors (Lipinski definition) is 0. The van der Waals surface area contributed by atoms with E-state index in [0.717, 1.165) is 47.7 Å². The molecule has 1 fully saturated rings. The van der Waals surface area contributed by atoms with Crippen molar-refractivity contribution in [3.05, 3.63) is 78.4 Å². The molecular weight excluding hydrogens is 378 g/mol. The van der Waals surface area contributed by atoms with Gasteiger partial charge in [-0.3, -0.25) is 9.88 Å². The Morgan fingerprint density at radius 1 is 1.10 bits per heavy atom. The summed E-state index contributed by atoms with van der Waals surface area (Å²) in [5.74, 6) is 0.875. The summed E-state index contributed by atoms with van der Waals surface area (Å²) in [6.07, 6.45) is 5.51. The van der Waals surface area contributed by atoms with Gasteiger partial charge in [0.15, 0.2) is 0 Å². The van der Waals surface area contributed by atoms with E-state index in [1.165, 1.54) is 5.56 Å². The summed E-state index contributed by atoms with van der Waals surface area (Å²) in [5, 5.41) is 8.79. The molecule has 30 heavy (non-hydrogen) atoms. The Balaban J connectivity index is 1.34. The normalized spacial score (nSPS) is 17.3. The van der Waals surface area contributed by atoms with E-state index < -0.39 is 0 Å². The molecule has 7 heteroatoms. The molecule has 0 unspecified atom stereocenters. The van der Waals surface area contributed by atoms with Crippen LogP contribution < -0.4 is 4.74 Å². The second-order valence-corrected chi connectivity index (χ2v) is 7.41. The van der Waals surface area contributed by atoms with E-state index in [4.69, 9.17) is 9.47 Å². The van der Waals surface area contributed by atoms with E-state index in [1.54, 1.807) is 13.3 Å². The molecule has 3 aromatic heterocycles. The topological polar surface area (TPSA) is 64.8 Å². The predicted molar refractivity (Wildman–Crippen MR) is 113 cm³/mol. The van der Waals surface area contributed by atoms with Gasteiger partial charge in [-0.05, 0) is 29.8 Å². The Kier molecular flexibility index (Phi) is 5.13. The maximum absolute atomic E-state index is 6.06. The average molecular weight is 401 g/mol. The van der Waals surface area contributed by atoms with Gasteiger partial charge < -0.3 is 9.47 Å². The summed E-state index contributed by atoms with van der Waals surface area (Å²) >= 11 is 0. The van der Waals surface area contributed by atoms with E-state index in [-0.39, 0.29) is 6.10 Å². The summed E-state index contributed by atoms with van der Waals surface area (Å²) < 4.78 is 13.1. The third kappa shape index (κ3) is 3.77. The third-order valence-electron chi connectivity index (χ3n) is 5.46. The monoisotopic (exact) mass is 401 g/mol. The molecule has 7 nitrogen and oxygen atoms in total. The number of rotatable bonds is 5. The highest BCUT2D eigenvalue weighted by atomic mass is 16.5. The fourth-order valence-corrected chi connectivity index (χ4v) is 3.85. The lowest BCUT2D eigenvalue weighted by Crippen LogP contribution is -2.38. The fraction of sp³-hybridized carbons (Fsp3) is 0.261. The van der Waals surface area contributed by atoms with Crippen LogP contribution in [-0.4, -0.2) is 51.5 Å². The average Bonchev–Trinajstić information content (AvgIpc) is 3.24. The SMILES string of the molecule is COc1ccc(CN2CCO[C@@H](c3nnn4cc(-c5cccnc5)ccc34)C2)cc1. The minimum absolute atomic E-state index is 0.0984. The zero-order valence-electron chi connectivity index (χ0n) is 16.8. The lowest BCUT2D eigenvalue weighted by atomic mass is 10.1. The molecule has 4 heterocycles. The van der Waals surface area contributed by atoms with Crippen molar-refractivity contribution in [1.29, 1.82) is 0 Å². The molecule has 0 radical (unpaired) electrons. The maximum atomic E-state index is 6.06. The Morgan fingerprint density at radius 2 is 2.00 bits per heavy atom. The van der Waals surface area contributed by atoms with Crippen molar-refractivity contribution in [2.45, 2.75) is 12.6 Å². The first-order valence-electron chi connectivity index (χ1n) is 10.0. The number of nitrogens with zero attached hydrogens (tertiary/aromatic N) is 5. The zero-order chi connectivity index (χ0) is 20.3. The van der Waals surface area contributed by atoms with Gasteiger partial charge >= 0.3 is 0 Å².